The molecule has 0 aliphatic carbocycles. The first-order valence-electron chi connectivity index (χ1n) is 7.16. The summed E-state index contributed by atoms with van der Waals surface area (Å²) in [5.74, 6) is -0.0349. The van der Waals surface area contributed by atoms with Crippen LogP contribution in [-0.2, 0) is 0 Å². The molecule has 0 radical (unpaired) electrons. The van der Waals surface area contributed by atoms with Gasteiger partial charge < -0.3 is 20.2 Å². The largest absolute Gasteiger partial charge is 0.464 e. The van der Waals surface area contributed by atoms with E-state index in [0.29, 0.717) is 17.6 Å². The van der Waals surface area contributed by atoms with Gasteiger partial charge in [0.05, 0.1) is 18.0 Å². The summed E-state index contributed by atoms with van der Waals surface area (Å²) >= 11 is 0. The molecule has 1 aromatic carbocycles. The number of nitrogens with zero attached hydrogens (tertiary/aromatic N) is 3. The predicted molar refractivity (Wildman–Crippen MR) is 83.6 cm³/mol. The van der Waals surface area contributed by atoms with E-state index >= 15 is 0 Å². The van der Waals surface area contributed by atoms with E-state index in [2.05, 4.69) is 20.3 Å². The van der Waals surface area contributed by atoms with Crippen molar-refractivity contribution in [1.29, 1.82) is 0 Å². The lowest BCUT2D eigenvalue weighted by molar-refractivity contribution is 0.312. The van der Waals surface area contributed by atoms with Crippen molar-refractivity contribution in [1.82, 2.24) is 15.0 Å². The number of hydrogen-bond donors (Lipinski definition) is 2. The number of rotatable bonds is 5. The minimum atomic E-state index is -0.501. The average Bonchev–Trinajstić information content (AvgIpc) is 2.85. The Morgan fingerprint density at radius 1 is 1.30 bits per heavy atom. The number of nitrogens with one attached hydrogen (secondary N) is 1. The van der Waals surface area contributed by atoms with Gasteiger partial charge in [0.1, 0.15) is 5.58 Å². The van der Waals surface area contributed by atoms with Crippen LogP contribution in [0.5, 0.6) is 6.01 Å². The maximum absolute atomic E-state index is 14.4. The van der Waals surface area contributed by atoms with Crippen molar-refractivity contribution in [3.05, 3.63) is 35.8 Å². The predicted octanol–water partition coefficient (Wildman–Crippen LogP) is 2.91. The Morgan fingerprint density at radius 2 is 2.09 bits per heavy atom. The van der Waals surface area contributed by atoms with Crippen LogP contribution in [0.25, 0.3) is 11.0 Å². The van der Waals surface area contributed by atoms with Gasteiger partial charge in [-0.3, -0.25) is 0 Å². The number of fused-ring (bicyclic) bond motifs is 1. The highest BCUT2D eigenvalue weighted by atomic mass is 19.1. The van der Waals surface area contributed by atoms with Gasteiger partial charge >= 0.3 is 6.01 Å². The summed E-state index contributed by atoms with van der Waals surface area (Å²) in [6.07, 6.45) is 0. The van der Waals surface area contributed by atoms with Crippen LogP contribution >= 0.6 is 0 Å². The molecule has 3 rings (SSSR count). The first-order chi connectivity index (χ1) is 11.1. The summed E-state index contributed by atoms with van der Waals surface area (Å²) in [7, 11) is 0. The normalized spacial score (nSPS) is 12.3. The van der Waals surface area contributed by atoms with Gasteiger partial charge in [0.25, 0.3) is 0 Å². The molecule has 120 valence electrons. The Labute approximate surface area is 131 Å². The van der Waals surface area contributed by atoms with Crippen molar-refractivity contribution >= 4 is 22.9 Å². The zero-order chi connectivity index (χ0) is 16.4. The quantitative estimate of drug-likeness (QED) is 0.746. The molecule has 0 fully saturated rings. The smallest absolute Gasteiger partial charge is 0.323 e. The molecule has 3 aromatic rings. The van der Waals surface area contributed by atoms with E-state index in [1.165, 1.54) is 0 Å². The van der Waals surface area contributed by atoms with Crippen LogP contribution < -0.4 is 15.8 Å². The second-order valence-corrected chi connectivity index (χ2v) is 4.88. The molecule has 2 heterocycles. The van der Waals surface area contributed by atoms with Crippen molar-refractivity contribution < 1.29 is 13.5 Å². The molecular weight excluding hydrogens is 301 g/mol. The van der Waals surface area contributed by atoms with Crippen molar-refractivity contribution in [2.24, 2.45) is 0 Å². The van der Waals surface area contributed by atoms with E-state index in [1.54, 1.807) is 38.1 Å². The Hall–Kier alpha value is -2.90. The minimum absolute atomic E-state index is 0.0169. The van der Waals surface area contributed by atoms with Gasteiger partial charge in [-0.15, -0.1) is 0 Å². The monoisotopic (exact) mass is 317 g/mol. The van der Waals surface area contributed by atoms with Crippen molar-refractivity contribution in [2.45, 2.75) is 19.9 Å². The maximum Gasteiger partial charge on any atom is 0.323 e. The molecule has 0 aliphatic rings. The van der Waals surface area contributed by atoms with Gasteiger partial charge in [-0.2, -0.15) is 15.0 Å². The van der Waals surface area contributed by atoms with Crippen LogP contribution in [0.2, 0.25) is 0 Å². The molecule has 2 aromatic heterocycles. The SMILES string of the molecule is CCOc1nc(N)nc(NC(C)c2oc3ccccc3c2F)n1. The molecule has 8 heteroatoms. The molecule has 1 unspecified atom stereocenters. The van der Waals surface area contributed by atoms with Gasteiger partial charge in [0, 0.05) is 0 Å². The Bertz CT molecular complexity index is 836. The molecule has 7 nitrogen and oxygen atoms in total. The zero-order valence-electron chi connectivity index (χ0n) is 12.7. The van der Waals surface area contributed by atoms with Crippen LogP contribution in [-0.4, -0.2) is 21.6 Å². The first-order valence-corrected chi connectivity index (χ1v) is 7.16. The van der Waals surface area contributed by atoms with E-state index in [4.69, 9.17) is 14.9 Å². The Kier molecular flexibility index (Phi) is 3.96. The second kappa shape index (κ2) is 6.07. The second-order valence-electron chi connectivity index (χ2n) is 4.88. The number of benzene rings is 1. The number of furan rings is 1. The minimum Gasteiger partial charge on any atom is -0.464 e. The van der Waals surface area contributed by atoms with Crippen molar-refractivity contribution in [2.75, 3.05) is 17.7 Å². The lowest BCUT2D eigenvalue weighted by Gasteiger charge is -2.12. The molecule has 0 aliphatic heterocycles. The molecule has 0 spiro atoms. The fourth-order valence-electron chi connectivity index (χ4n) is 2.20. The summed E-state index contributed by atoms with van der Waals surface area (Å²) in [5.41, 5.74) is 6.10. The number of ether oxygens (including phenoxy) is 1. The molecular formula is C15H16FN5O2. The fourth-order valence-corrected chi connectivity index (χ4v) is 2.20. The third-order valence-electron chi connectivity index (χ3n) is 3.20. The number of nitrogen functional groups attached to an aromatic ring is 1. The Morgan fingerprint density at radius 3 is 2.83 bits per heavy atom. The number of halogens is 1. The summed E-state index contributed by atoms with van der Waals surface area (Å²) in [4.78, 5) is 11.9. The highest BCUT2D eigenvalue weighted by Gasteiger charge is 2.20. The molecule has 0 saturated carbocycles. The number of hydrogen-bond acceptors (Lipinski definition) is 7. The van der Waals surface area contributed by atoms with E-state index in [0.717, 1.165) is 0 Å². The van der Waals surface area contributed by atoms with Crippen LogP contribution in [0.3, 0.4) is 0 Å². The van der Waals surface area contributed by atoms with E-state index < -0.39 is 11.9 Å². The van der Waals surface area contributed by atoms with Crippen molar-refractivity contribution in [3.63, 3.8) is 0 Å². The third-order valence-corrected chi connectivity index (χ3v) is 3.20. The molecule has 3 N–H and O–H groups in total. The fraction of sp³-hybridized carbons (Fsp3) is 0.267. The van der Waals surface area contributed by atoms with Crippen LogP contribution in [0.4, 0.5) is 16.3 Å². The average molecular weight is 317 g/mol. The highest BCUT2D eigenvalue weighted by Crippen LogP contribution is 2.29. The molecule has 23 heavy (non-hydrogen) atoms. The molecule has 0 amide bonds. The summed E-state index contributed by atoms with van der Waals surface area (Å²) < 4.78 is 25.2. The molecule has 1 atom stereocenters. The third kappa shape index (κ3) is 3.01. The lowest BCUT2D eigenvalue weighted by Crippen LogP contribution is -2.12. The van der Waals surface area contributed by atoms with Crippen LogP contribution in [0, 0.1) is 5.82 Å². The number of aromatic nitrogens is 3. The number of para-hydroxylation sites is 1. The highest BCUT2D eigenvalue weighted by molar-refractivity contribution is 5.78. The van der Waals surface area contributed by atoms with E-state index in [9.17, 15) is 4.39 Å². The van der Waals surface area contributed by atoms with Crippen LogP contribution in [0.1, 0.15) is 25.6 Å². The van der Waals surface area contributed by atoms with E-state index in [1.807, 2.05) is 0 Å². The van der Waals surface area contributed by atoms with E-state index in [-0.39, 0.29) is 23.7 Å². The van der Waals surface area contributed by atoms with Gasteiger partial charge in [0.2, 0.25) is 11.9 Å². The summed E-state index contributed by atoms with van der Waals surface area (Å²) in [6, 6.07) is 6.53. The van der Waals surface area contributed by atoms with Gasteiger partial charge in [0.15, 0.2) is 11.6 Å². The number of nitrogens with two attached hydrogens (primary N) is 1. The molecule has 0 bridgehead atoms. The Balaban J connectivity index is 1.88. The molecule has 0 saturated heterocycles. The first kappa shape index (κ1) is 15.0. The van der Waals surface area contributed by atoms with Crippen LogP contribution in [0.15, 0.2) is 28.7 Å². The summed E-state index contributed by atoms with van der Waals surface area (Å²) in [5, 5.41) is 3.38. The maximum atomic E-state index is 14.4. The van der Waals surface area contributed by atoms with Gasteiger partial charge in [-0.05, 0) is 26.0 Å². The van der Waals surface area contributed by atoms with Gasteiger partial charge in [-0.1, -0.05) is 12.1 Å². The topological polar surface area (TPSA) is 99.1 Å². The lowest BCUT2D eigenvalue weighted by atomic mass is 10.2. The van der Waals surface area contributed by atoms with Crippen molar-refractivity contribution in [3.8, 4) is 6.01 Å². The number of anilines is 2. The zero-order valence-corrected chi connectivity index (χ0v) is 12.7. The van der Waals surface area contributed by atoms with Gasteiger partial charge in [-0.25, -0.2) is 4.39 Å². The standard InChI is InChI=1S/C15H16FN5O2/c1-3-22-15-20-13(17)19-14(21-15)18-8(2)12-11(16)9-6-4-5-7-10(9)23-12/h4-8H,3H2,1-2H3,(H3,17,18,19,20,21). The summed E-state index contributed by atoms with van der Waals surface area (Å²) in [6.45, 7) is 3.94.